The molecule has 2 amide bonds. The fraction of sp³-hybridized carbons (Fsp3) is 0.333. The molecule has 1 fully saturated rings. The highest BCUT2D eigenvalue weighted by Gasteiger charge is 2.48. The van der Waals surface area contributed by atoms with Gasteiger partial charge in [-0.2, -0.15) is 0 Å². The van der Waals surface area contributed by atoms with Gasteiger partial charge in [0.2, 0.25) is 11.8 Å². The highest BCUT2D eigenvalue weighted by Crippen LogP contribution is 2.43. The van der Waals surface area contributed by atoms with Crippen molar-refractivity contribution in [3.8, 4) is 0 Å². The fourth-order valence-electron chi connectivity index (χ4n) is 6.25. The molecular weight excluding hydrogens is 470 g/mol. The monoisotopic (exact) mass is 505 g/mol. The predicted octanol–water partition coefficient (Wildman–Crippen LogP) is 6.00. The number of aromatic nitrogens is 1. The van der Waals surface area contributed by atoms with Crippen LogP contribution < -0.4 is 0 Å². The molecule has 6 rings (SSSR count). The second kappa shape index (κ2) is 9.79. The number of para-hydroxylation sites is 1. The molecule has 1 saturated heterocycles. The van der Waals surface area contributed by atoms with Gasteiger partial charge in [-0.25, -0.2) is 0 Å². The zero-order valence-electron chi connectivity index (χ0n) is 22.4. The normalized spacial score (nSPS) is 20.1. The molecule has 1 N–H and O–H groups in total. The van der Waals surface area contributed by atoms with Gasteiger partial charge < -0.3 is 14.8 Å². The molecular formula is C33H35N3O2. The van der Waals surface area contributed by atoms with Crippen LogP contribution >= 0.6 is 0 Å². The number of rotatable bonds is 6. The number of benzene rings is 3. The first-order chi connectivity index (χ1) is 18.4. The Labute approximate surface area is 224 Å². The molecule has 2 aliphatic rings. The number of aryl methyl sites for hydroxylation is 1. The number of H-pyrrole nitrogens is 1. The smallest absolute Gasteiger partial charge is 0.246 e. The number of hydrogen-bond donors (Lipinski definition) is 1. The summed E-state index contributed by atoms with van der Waals surface area (Å²) in [6.07, 6.45) is 2.24. The molecule has 3 atom stereocenters. The van der Waals surface area contributed by atoms with E-state index in [1.54, 1.807) is 0 Å². The van der Waals surface area contributed by atoms with Crippen LogP contribution in [0, 0.1) is 0 Å². The maximum Gasteiger partial charge on any atom is 0.246 e. The molecule has 3 aromatic carbocycles. The number of amides is 2. The number of aromatic amines is 1. The fourth-order valence-corrected chi connectivity index (χ4v) is 6.25. The molecule has 0 aliphatic carbocycles. The summed E-state index contributed by atoms with van der Waals surface area (Å²) in [6, 6.07) is 26.3. The van der Waals surface area contributed by atoms with Gasteiger partial charge in [0.25, 0.3) is 0 Å². The molecule has 5 heteroatoms. The van der Waals surface area contributed by atoms with Gasteiger partial charge >= 0.3 is 0 Å². The summed E-state index contributed by atoms with van der Waals surface area (Å²) in [5.74, 6) is 0.504. The lowest BCUT2D eigenvalue weighted by atomic mass is 9.85. The van der Waals surface area contributed by atoms with E-state index < -0.39 is 6.04 Å². The number of piperazine rings is 1. The highest BCUT2D eigenvalue weighted by atomic mass is 16.2. The number of nitrogens with one attached hydrogen (secondary N) is 1. The van der Waals surface area contributed by atoms with E-state index in [1.807, 2.05) is 40.1 Å². The second-order valence-corrected chi connectivity index (χ2v) is 11.1. The zero-order valence-corrected chi connectivity index (χ0v) is 22.4. The molecule has 38 heavy (non-hydrogen) atoms. The van der Waals surface area contributed by atoms with Crippen LogP contribution in [0.1, 0.15) is 67.1 Å². The van der Waals surface area contributed by atoms with Crippen molar-refractivity contribution in [3.63, 3.8) is 0 Å². The number of nitrogens with zero attached hydrogens (tertiary/aromatic N) is 2. The first-order valence-electron chi connectivity index (χ1n) is 13.8. The summed E-state index contributed by atoms with van der Waals surface area (Å²) in [6.45, 7) is 6.57. The molecule has 0 radical (unpaired) electrons. The van der Waals surface area contributed by atoms with Crippen LogP contribution in [-0.2, 0) is 22.4 Å². The summed E-state index contributed by atoms with van der Waals surface area (Å²) in [7, 11) is 0. The summed E-state index contributed by atoms with van der Waals surface area (Å²) in [4.78, 5) is 35.2. The van der Waals surface area contributed by atoms with Gasteiger partial charge in [0.1, 0.15) is 12.6 Å². The molecule has 3 unspecified atom stereocenters. The Kier molecular flexibility index (Phi) is 6.30. The molecule has 0 bridgehead atoms. The Morgan fingerprint density at radius 1 is 0.895 bits per heavy atom. The largest absolute Gasteiger partial charge is 0.356 e. The third-order valence-corrected chi connectivity index (χ3v) is 8.44. The van der Waals surface area contributed by atoms with E-state index in [9.17, 15) is 9.59 Å². The quantitative estimate of drug-likeness (QED) is 0.350. The van der Waals surface area contributed by atoms with Crippen LogP contribution in [0.4, 0.5) is 0 Å². The van der Waals surface area contributed by atoms with Crippen molar-refractivity contribution in [3.05, 3.63) is 107 Å². The van der Waals surface area contributed by atoms with E-state index in [0.29, 0.717) is 12.3 Å². The van der Waals surface area contributed by atoms with E-state index in [4.69, 9.17) is 0 Å². The Hall–Kier alpha value is -3.86. The van der Waals surface area contributed by atoms with Gasteiger partial charge in [0.05, 0.1) is 6.04 Å². The minimum absolute atomic E-state index is 0.0121. The topological polar surface area (TPSA) is 56.4 Å². The van der Waals surface area contributed by atoms with E-state index in [2.05, 4.69) is 74.3 Å². The average Bonchev–Trinajstić information content (AvgIpc) is 3.31. The molecule has 3 heterocycles. The van der Waals surface area contributed by atoms with Crippen LogP contribution in [0.2, 0.25) is 0 Å². The SMILES string of the molecule is CC(C)c1ccc(C2c3[nH]c4ccccc4c3CC3C(=O)N(C(C)CCc4ccccc4)CC(=O)N32)cc1. The number of carbonyl (C=O) groups is 2. The lowest BCUT2D eigenvalue weighted by molar-refractivity contribution is -0.160. The number of hydrogen-bond acceptors (Lipinski definition) is 2. The van der Waals surface area contributed by atoms with Crippen LogP contribution in [-0.4, -0.2) is 45.2 Å². The zero-order chi connectivity index (χ0) is 26.4. The van der Waals surface area contributed by atoms with Crippen LogP contribution in [0.15, 0.2) is 78.9 Å². The van der Waals surface area contributed by atoms with Crippen molar-refractivity contribution in [1.29, 1.82) is 0 Å². The standard InChI is InChI=1S/C33H35N3O2/c1-21(2)24-15-17-25(18-16-24)32-31-27(26-11-7-8-12-28(26)34-31)19-29-33(38)35(20-30(37)36(29)32)22(3)13-14-23-9-5-4-6-10-23/h4-12,15-18,21-22,29,32,34H,13-14,19-20H2,1-3H3. The lowest BCUT2D eigenvalue weighted by Crippen LogP contribution is -2.64. The first-order valence-corrected chi connectivity index (χ1v) is 13.8. The van der Waals surface area contributed by atoms with Crippen molar-refractivity contribution in [2.24, 2.45) is 0 Å². The third-order valence-electron chi connectivity index (χ3n) is 8.44. The molecule has 1 aromatic heterocycles. The summed E-state index contributed by atoms with van der Waals surface area (Å²) in [5.41, 5.74) is 6.79. The average molecular weight is 506 g/mol. The highest BCUT2D eigenvalue weighted by molar-refractivity contribution is 5.97. The molecule has 194 valence electrons. The van der Waals surface area contributed by atoms with Gasteiger partial charge in [-0.3, -0.25) is 9.59 Å². The molecule has 0 spiro atoms. The van der Waals surface area contributed by atoms with E-state index in [-0.39, 0.29) is 30.4 Å². The van der Waals surface area contributed by atoms with Crippen LogP contribution in [0.3, 0.4) is 0 Å². The van der Waals surface area contributed by atoms with Gasteiger partial charge in [0.15, 0.2) is 0 Å². The van der Waals surface area contributed by atoms with Crippen LogP contribution in [0.25, 0.3) is 10.9 Å². The predicted molar refractivity (Wildman–Crippen MR) is 151 cm³/mol. The number of carbonyl (C=O) groups excluding carboxylic acids is 2. The van der Waals surface area contributed by atoms with E-state index >= 15 is 0 Å². The maximum absolute atomic E-state index is 14.1. The second-order valence-electron chi connectivity index (χ2n) is 11.1. The lowest BCUT2D eigenvalue weighted by Gasteiger charge is -2.48. The molecule has 4 aromatic rings. The van der Waals surface area contributed by atoms with Crippen molar-refractivity contribution < 1.29 is 9.59 Å². The Bertz CT molecular complexity index is 1470. The van der Waals surface area contributed by atoms with E-state index in [0.717, 1.165) is 40.6 Å². The van der Waals surface area contributed by atoms with Gasteiger partial charge in [-0.05, 0) is 54.0 Å². The summed E-state index contributed by atoms with van der Waals surface area (Å²) >= 11 is 0. The minimum atomic E-state index is -0.503. The van der Waals surface area contributed by atoms with Crippen LogP contribution in [0.5, 0.6) is 0 Å². The van der Waals surface area contributed by atoms with Crippen molar-refractivity contribution in [2.45, 2.75) is 64.1 Å². The van der Waals surface area contributed by atoms with E-state index in [1.165, 1.54) is 11.1 Å². The van der Waals surface area contributed by atoms with Gasteiger partial charge in [-0.15, -0.1) is 0 Å². The first kappa shape index (κ1) is 24.5. The summed E-state index contributed by atoms with van der Waals surface area (Å²) in [5, 5.41) is 1.14. The van der Waals surface area contributed by atoms with Crippen molar-refractivity contribution in [1.82, 2.24) is 14.8 Å². The molecule has 5 nitrogen and oxygen atoms in total. The van der Waals surface area contributed by atoms with Crippen molar-refractivity contribution >= 4 is 22.7 Å². The third kappa shape index (κ3) is 4.20. The molecule has 2 aliphatic heterocycles. The molecule has 0 saturated carbocycles. The Morgan fingerprint density at radius 2 is 1.61 bits per heavy atom. The maximum atomic E-state index is 14.1. The van der Waals surface area contributed by atoms with Gasteiger partial charge in [0, 0.05) is 29.1 Å². The Morgan fingerprint density at radius 3 is 2.34 bits per heavy atom. The Balaban J connectivity index is 1.36. The summed E-state index contributed by atoms with van der Waals surface area (Å²) < 4.78 is 0. The van der Waals surface area contributed by atoms with Gasteiger partial charge in [-0.1, -0.05) is 86.6 Å². The van der Waals surface area contributed by atoms with Crippen molar-refractivity contribution in [2.75, 3.05) is 6.54 Å². The number of fused-ring (bicyclic) bond motifs is 4. The minimum Gasteiger partial charge on any atom is -0.356 e.